The predicted octanol–water partition coefficient (Wildman–Crippen LogP) is 4.83. The third-order valence-corrected chi connectivity index (χ3v) is 3.73. The first-order valence-corrected chi connectivity index (χ1v) is 7.74. The largest absolute Gasteiger partial charge is 0.491 e. The molecule has 2 heteroatoms. The molecule has 0 fully saturated rings. The van der Waals surface area contributed by atoms with Crippen LogP contribution in [0.1, 0.15) is 31.4 Å². The molecule has 0 amide bonds. The molecular weight excluding hydrogens is 258 g/mol. The minimum absolute atomic E-state index is 0.257. The number of nitrogens with one attached hydrogen (secondary N) is 1. The van der Waals surface area contributed by atoms with Gasteiger partial charge in [0.2, 0.25) is 0 Å². The number of anilines is 1. The fraction of sp³-hybridized carbons (Fsp3) is 0.368. The van der Waals surface area contributed by atoms with Gasteiger partial charge < -0.3 is 10.1 Å². The van der Waals surface area contributed by atoms with Crippen LogP contribution in [0.4, 0.5) is 5.69 Å². The lowest BCUT2D eigenvalue weighted by molar-refractivity contribution is 0.217. The molecule has 0 aliphatic heterocycles. The molecule has 21 heavy (non-hydrogen) atoms. The van der Waals surface area contributed by atoms with Crippen LogP contribution in [0.2, 0.25) is 0 Å². The van der Waals surface area contributed by atoms with Crippen molar-refractivity contribution in [1.29, 1.82) is 0 Å². The minimum Gasteiger partial charge on any atom is -0.491 e. The summed E-state index contributed by atoms with van der Waals surface area (Å²) in [4.78, 5) is 0. The van der Waals surface area contributed by atoms with E-state index in [9.17, 15) is 0 Å². The first-order valence-electron chi connectivity index (χ1n) is 7.74. The van der Waals surface area contributed by atoms with E-state index in [-0.39, 0.29) is 6.10 Å². The minimum atomic E-state index is 0.257. The van der Waals surface area contributed by atoms with Crippen molar-refractivity contribution in [1.82, 2.24) is 0 Å². The van der Waals surface area contributed by atoms with Gasteiger partial charge in [0.05, 0.1) is 6.10 Å². The van der Waals surface area contributed by atoms with Gasteiger partial charge >= 0.3 is 0 Å². The molecule has 0 saturated carbocycles. The maximum absolute atomic E-state index is 5.85. The smallest absolute Gasteiger partial charge is 0.121 e. The number of hydrogen-bond donors (Lipinski definition) is 1. The Balaban J connectivity index is 1.88. The summed E-state index contributed by atoms with van der Waals surface area (Å²) in [7, 11) is 0. The molecule has 0 saturated heterocycles. The number of benzene rings is 2. The van der Waals surface area contributed by atoms with E-state index in [1.807, 2.05) is 12.1 Å². The van der Waals surface area contributed by atoms with E-state index in [1.54, 1.807) is 0 Å². The normalized spacial score (nSPS) is 12.0. The van der Waals surface area contributed by atoms with E-state index in [1.165, 1.54) is 11.1 Å². The van der Waals surface area contributed by atoms with Crippen LogP contribution in [-0.2, 0) is 6.42 Å². The molecule has 0 radical (unpaired) electrons. The Morgan fingerprint density at radius 3 is 2.67 bits per heavy atom. The Morgan fingerprint density at radius 1 is 1.10 bits per heavy atom. The van der Waals surface area contributed by atoms with E-state index in [2.05, 4.69) is 62.5 Å². The zero-order valence-electron chi connectivity index (χ0n) is 13.2. The summed E-state index contributed by atoms with van der Waals surface area (Å²) in [5.41, 5.74) is 3.87. The fourth-order valence-corrected chi connectivity index (χ4v) is 2.23. The highest BCUT2D eigenvalue weighted by atomic mass is 16.5. The average Bonchev–Trinajstić information content (AvgIpc) is 2.49. The van der Waals surface area contributed by atoms with E-state index in [0.717, 1.165) is 30.8 Å². The van der Waals surface area contributed by atoms with Gasteiger partial charge in [-0.2, -0.15) is 0 Å². The molecule has 1 atom stereocenters. The summed E-state index contributed by atoms with van der Waals surface area (Å²) in [6.07, 6.45) is 2.31. The van der Waals surface area contributed by atoms with Crippen LogP contribution in [0.5, 0.6) is 5.75 Å². The van der Waals surface area contributed by atoms with E-state index < -0.39 is 0 Å². The van der Waals surface area contributed by atoms with E-state index >= 15 is 0 Å². The van der Waals surface area contributed by atoms with E-state index in [0.29, 0.717) is 0 Å². The molecule has 1 N–H and O–H groups in total. The predicted molar refractivity (Wildman–Crippen MR) is 90.2 cm³/mol. The summed E-state index contributed by atoms with van der Waals surface area (Å²) in [5, 5.41) is 3.47. The molecule has 0 spiro atoms. The lowest BCUT2D eigenvalue weighted by Crippen LogP contribution is -2.10. The molecule has 0 bridgehead atoms. The van der Waals surface area contributed by atoms with Crippen molar-refractivity contribution >= 4 is 5.69 Å². The van der Waals surface area contributed by atoms with Crippen LogP contribution in [0.3, 0.4) is 0 Å². The summed E-state index contributed by atoms with van der Waals surface area (Å²) in [6, 6.07) is 16.7. The van der Waals surface area contributed by atoms with Gasteiger partial charge in [-0.25, -0.2) is 0 Å². The monoisotopic (exact) mass is 283 g/mol. The standard InChI is InChI=1S/C19H25NO/c1-4-16(3)21-19-11-7-10-18(14-19)20-13-12-17-9-6-5-8-15(17)2/h5-11,14,16,20H,4,12-13H2,1-3H3. The van der Waals surface area contributed by atoms with Crippen LogP contribution >= 0.6 is 0 Å². The van der Waals surface area contributed by atoms with Crippen molar-refractivity contribution < 1.29 is 4.74 Å². The number of ether oxygens (including phenoxy) is 1. The van der Waals surface area contributed by atoms with Crippen LogP contribution in [-0.4, -0.2) is 12.6 Å². The van der Waals surface area contributed by atoms with Gasteiger partial charge in [-0.3, -0.25) is 0 Å². The quantitative estimate of drug-likeness (QED) is 0.786. The second kappa shape index (κ2) is 7.72. The molecule has 0 heterocycles. The second-order valence-electron chi connectivity index (χ2n) is 5.47. The highest BCUT2D eigenvalue weighted by molar-refractivity contribution is 5.48. The lowest BCUT2D eigenvalue weighted by Gasteiger charge is -2.14. The third-order valence-electron chi connectivity index (χ3n) is 3.73. The summed E-state index contributed by atoms with van der Waals surface area (Å²) >= 11 is 0. The maximum Gasteiger partial charge on any atom is 0.121 e. The summed E-state index contributed by atoms with van der Waals surface area (Å²) < 4.78 is 5.85. The summed E-state index contributed by atoms with van der Waals surface area (Å²) in [6.45, 7) is 7.32. The van der Waals surface area contributed by atoms with Crippen LogP contribution in [0.25, 0.3) is 0 Å². The molecule has 2 aromatic carbocycles. The summed E-state index contributed by atoms with van der Waals surface area (Å²) in [5.74, 6) is 0.935. The molecule has 0 aliphatic rings. The molecule has 2 aromatic rings. The highest BCUT2D eigenvalue weighted by Crippen LogP contribution is 2.19. The highest BCUT2D eigenvalue weighted by Gasteiger charge is 2.02. The molecule has 0 aromatic heterocycles. The van der Waals surface area contributed by atoms with Crippen LogP contribution in [0, 0.1) is 6.92 Å². The van der Waals surface area contributed by atoms with Gasteiger partial charge in [0.25, 0.3) is 0 Å². The van der Waals surface area contributed by atoms with Crippen molar-refractivity contribution in [3.05, 3.63) is 59.7 Å². The van der Waals surface area contributed by atoms with Gasteiger partial charge in [-0.15, -0.1) is 0 Å². The zero-order chi connectivity index (χ0) is 15.1. The van der Waals surface area contributed by atoms with Crippen molar-refractivity contribution in [3.8, 4) is 5.75 Å². The number of hydrogen-bond acceptors (Lipinski definition) is 2. The van der Waals surface area contributed by atoms with Gasteiger partial charge in [0, 0.05) is 18.3 Å². The fourth-order valence-electron chi connectivity index (χ4n) is 2.23. The molecule has 1 unspecified atom stereocenters. The van der Waals surface area contributed by atoms with Crippen molar-refractivity contribution in [2.75, 3.05) is 11.9 Å². The second-order valence-corrected chi connectivity index (χ2v) is 5.47. The van der Waals surface area contributed by atoms with Crippen LogP contribution in [0.15, 0.2) is 48.5 Å². The average molecular weight is 283 g/mol. The van der Waals surface area contributed by atoms with Gasteiger partial charge in [0.1, 0.15) is 5.75 Å². The van der Waals surface area contributed by atoms with Gasteiger partial charge in [0.15, 0.2) is 0 Å². The zero-order valence-corrected chi connectivity index (χ0v) is 13.2. The third kappa shape index (κ3) is 4.82. The lowest BCUT2D eigenvalue weighted by atomic mass is 10.1. The first kappa shape index (κ1) is 15.4. The van der Waals surface area contributed by atoms with Crippen molar-refractivity contribution in [2.24, 2.45) is 0 Å². The molecule has 2 nitrogen and oxygen atoms in total. The maximum atomic E-state index is 5.85. The van der Waals surface area contributed by atoms with Gasteiger partial charge in [-0.05, 0) is 49.9 Å². The Morgan fingerprint density at radius 2 is 1.90 bits per heavy atom. The Bertz CT molecular complexity index is 565. The molecular formula is C19H25NO. The number of rotatable bonds is 7. The van der Waals surface area contributed by atoms with Crippen LogP contribution < -0.4 is 10.1 Å². The SMILES string of the molecule is CCC(C)Oc1cccc(NCCc2ccccc2C)c1. The molecule has 0 aliphatic carbocycles. The molecule has 112 valence electrons. The van der Waals surface area contributed by atoms with E-state index in [4.69, 9.17) is 4.74 Å². The van der Waals surface area contributed by atoms with Crippen molar-refractivity contribution in [2.45, 2.75) is 39.7 Å². The number of aryl methyl sites for hydroxylation is 1. The molecule has 2 rings (SSSR count). The Labute approximate surface area is 128 Å². The van der Waals surface area contributed by atoms with Crippen molar-refractivity contribution in [3.63, 3.8) is 0 Å². The Hall–Kier alpha value is -1.96. The topological polar surface area (TPSA) is 21.3 Å². The van der Waals surface area contributed by atoms with Gasteiger partial charge in [-0.1, -0.05) is 37.3 Å². The first-order chi connectivity index (χ1) is 10.2. The Kier molecular flexibility index (Phi) is 5.68.